The first-order chi connectivity index (χ1) is 9.24. The van der Waals surface area contributed by atoms with E-state index in [1.54, 1.807) is 0 Å². The maximum absolute atomic E-state index is 4.62. The standard InChI is InChI=1S/C15H16N4/c1-11-9-16-7-5-13(11)10-19(2)14-4-3-12-6-8-17-15(12)18-14/h3-9H,10H2,1-2H3,(H,17,18). The molecule has 3 rings (SSSR count). The van der Waals surface area contributed by atoms with Gasteiger partial charge in [0.25, 0.3) is 0 Å². The molecule has 1 N–H and O–H groups in total. The first-order valence-electron chi connectivity index (χ1n) is 6.29. The molecule has 0 spiro atoms. The summed E-state index contributed by atoms with van der Waals surface area (Å²) in [5.41, 5.74) is 3.40. The summed E-state index contributed by atoms with van der Waals surface area (Å²) in [5, 5.41) is 1.14. The van der Waals surface area contributed by atoms with Crippen LogP contribution in [0.2, 0.25) is 0 Å². The molecule has 0 atom stereocenters. The van der Waals surface area contributed by atoms with Crippen LogP contribution in [0.25, 0.3) is 11.0 Å². The molecule has 0 saturated heterocycles. The minimum Gasteiger partial charge on any atom is -0.355 e. The van der Waals surface area contributed by atoms with Gasteiger partial charge in [-0.2, -0.15) is 0 Å². The Morgan fingerprint density at radius 3 is 2.95 bits per heavy atom. The zero-order chi connectivity index (χ0) is 13.2. The number of aromatic nitrogens is 3. The Morgan fingerprint density at radius 1 is 1.21 bits per heavy atom. The molecule has 4 nitrogen and oxygen atoms in total. The molecule has 96 valence electrons. The van der Waals surface area contributed by atoms with Gasteiger partial charge in [-0.3, -0.25) is 4.98 Å². The molecule has 0 radical (unpaired) electrons. The average molecular weight is 252 g/mol. The van der Waals surface area contributed by atoms with Crippen molar-refractivity contribution in [2.45, 2.75) is 13.5 Å². The van der Waals surface area contributed by atoms with Crippen molar-refractivity contribution in [2.75, 3.05) is 11.9 Å². The van der Waals surface area contributed by atoms with Crippen molar-refractivity contribution in [1.82, 2.24) is 15.0 Å². The minimum absolute atomic E-state index is 0.827. The van der Waals surface area contributed by atoms with Gasteiger partial charge in [0.2, 0.25) is 0 Å². The molecule has 0 amide bonds. The van der Waals surface area contributed by atoms with Crippen LogP contribution in [0.1, 0.15) is 11.1 Å². The number of H-pyrrole nitrogens is 1. The van der Waals surface area contributed by atoms with Crippen molar-refractivity contribution in [1.29, 1.82) is 0 Å². The number of hydrogen-bond acceptors (Lipinski definition) is 3. The van der Waals surface area contributed by atoms with Crippen LogP contribution in [-0.2, 0) is 6.54 Å². The van der Waals surface area contributed by atoms with Gasteiger partial charge in [-0.1, -0.05) is 0 Å². The number of anilines is 1. The predicted octanol–water partition coefficient (Wildman–Crippen LogP) is 2.90. The smallest absolute Gasteiger partial charge is 0.139 e. The zero-order valence-corrected chi connectivity index (χ0v) is 11.1. The molecule has 0 saturated carbocycles. The maximum atomic E-state index is 4.62. The van der Waals surface area contributed by atoms with Gasteiger partial charge < -0.3 is 9.88 Å². The molecule has 19 heavy (non-hydrogen) atoms. The Hall–Kier alpha value is -2.36. The predicted molar refractivity (Wildman–Crippen MR) is 77.2 cm³/mol. The minimum atomic E-state index is 0.827. The fraction of sp³-hybridized carbons (Fsp3) is 0.200. The summed E-state index contributed by atoms with van der Waals surface area (Å²) in [4.78, 5) is 14.0. The number of aromatic amines is 1. The molecular formula is C15H16N4. The molecule has 0 fully saturated rings. The average Bonchev–Trinajstić information content (AvgIpc) is 2.88. The molecule has 0 unspecified atom stereocenters. The summed E-state index contributed by atoms with van der Waals surface area (Å²) in [5.74, 6) is 0.964. The second-order valence-electron chi connectivity index (χ2n) is 4.74. The second kappa shape index (κ2) is 4.72. The second-order valence-corrected chi connectivity index (χ2v) is 4.74. The van der Waals surface area contributed by atoms with Crippen LogP contribution in [-0.4, -0.2) is 22.0 Å². The van der Waals surface area contributed by atoms with Crippen LogP contribution in [0.15, 0.2) is 42.9 Å². The van der Waals surface area contributed by atoms with E-state index in [2.05, 4.69) is 46.0 Å². The SMILES string of the molecule is Cc1cnccc1CN(C)c1ccc2cc[nH]c2n1. The van der Waals surface area contributed by atoms with Gasteiger partial charge in [0.15, 0.2) is 0 Å². The number of nitrogens with one attached hydrogen (secondary N) is 1. The van der Waals surface area contributed by atoms with Crippen molar-refractivity contribution < 1.29 is 0 Å². The van der Waals surface area contributed by atoms with Gasteiger partial charge in [0.1, 0.15) is 11.5 Å². The number of nitrogens with zero attached hydrogens (tertiary/aromatic N) is 3. The lowest BCUT2D eigenvalue weighted by molar-refractivity contribution is 0.890. The molecule has 0 aliphatic rings. The van der Waals surface area contributed by atoms with Gasteiger partial charge in [0, 0.05) is 37.6 Å². The number of fused-ring (bicyclic) bond motifs is 1. The highest BCUT2D eigenvalue weighted by atomic mass is 15.2. The number of hydrogen-bond donors (Lipinski definition) is 1. The third-order valence-corrected chi connectivity index (χ3v) is 3.33. The van der Waals surface area contributed by atoms with E-state index in [1.807, 2.05) is 30.7 Å². The molecule has 3 heterocycles. The van der Waals surface area contributed by atoms with Gasteiger partial charge in [-0.25, -0.2) is 4.98 Å². The summed E-state index contributed by atoms with van der Waals surface area (Å²) >= 11 is 0. The molecule has 0 aliphatic heterocycles. The van der Waals surface area contributed by atoms with Crippen LogP contribution in [0.3, 0.4) is 0 Å². The Balaban J connectivity index is 1.87. The maximum Gasteiger partial charge on any atom is 0.139 e. The lowest BCUT2D eigenvalue weighted by Crippen LogP contribution is -2.18. The fourth-order valence-electron chi connectivity index (χ4n) is 2.15. The summed E-state index contributed by atoms with van der Waals surface area (Å²) in [6, 6.07) is 8.22. The lowest BCUT2D eigenvalue weighted by Gasteiger charge is -2.19. The summed E-state index contributed by atoms with van der Waals surface area (Å²) in [6.07, 6.45) is 5.64. The van der Waals surface area contributed by atoms with Gasteiger partial charge >= 0.3 is 0 Å². The highest BCUT2D eigenvalue weighted by molar-refractivity contribution is 5.77. The van der Waals surface area contributed by atoms with E-state index >= 15 is 0 Å². The Labute approximate surface area is 112 Å². The number of aryl methyl sites for hydroxylation is 1. The van der Waals surface area contributed by atoms with Gasteiger partial charge in [-0.15, -0.1) is 0 Å². The quantitative estimate of drug-likeness (QED) is 0.779. The summed E-state index contributed by atoms with van der Waals surface area (Å²) in [7, 11) is 2.05. The van der Waals surface area contributed by atoms with E-state index in [4.69, 9.17) is 0 Å². The normalized spacial score (nSPS) is 10.8. The molecule has 0 aromatic carbocycles. The van der Waals surface area contributed by atoms with Crippen molar-refractivity contribution in [2.24, 2.45) is 0 Å². The molecular weight excluding hydrogens is 236 g/mol. The van der Waals surface area contributed by atoms with Crippen LogP contribution in [0.5, 0.6) is 0 Å². The summed E-state index contributed by atoms with van der Waals surface area (Å²) in [6.45, 7) is 2.91. The first kappa shape index (κ1) is 11.7. The van der Waals surface area contributed by atoms with Gasteiger partial charge in [-0.05, 0) is 42.3 Å². The Morgan fingerprint density at radius 2 is 2.11 bits per heavy atom. The van der Waals surface area contributed by atoms with E-state index in [9.17, 15) is 0 Å². The van der Waals surface area contributed by atoms with E-state index < -0.39 is 0 Å². The molecule has 3 aromatic heterocycles. The highest BCUT2D eigenvalue weighted by Gasteiger charge is 2.06. The lowest BCUT2D eigenvalue weighted by atomic mass is 10.1. The number of rotatable bonds is 3. The summed E-state index contributed by atoms with van der Waals surface area (Å²) < 4.78 is 0. The molecule has 0 bridgehead atoms. The third kappa shape index (κ3) is 2.29. The van der Waals surface area contributed by atoms with Crippen molar-refractivity contribution in [3.8, 4) is 0 Å². The van der Waals surface area contributed by atoms with Crippen LogP contribution < -0.4 is 4.90 Å². The molecule has 0 aliphatic carbocycles. The van der Waals surface area contributed by atoms with E-state index in [1.165, 1.54) is 11.1 Å². The fourth-order valence-corrected chi connectivity index (χ4v) is 2.15. The zero-order valence-electron chi connectivity index (χ0n) is 11.1. The number of pyridine rings is 2. The van der Waals surface area contributed by atoms with Gasteiger partial charge in [0.05, 0.1) is 0 Å². The van der Waals surface area contributed by atoms with Crippen LogP contribution in [0, 0.1) is 6.92 Å². The Kier molecular flexibility index (Phi) is 2.91. The van der Waals surface area contributed by atoms with Crippen molar-refractivity contribution in [3.05, 3.63) is 54.0 Å². The monoisotopic (exact) mass is 252 g/mol. The van der Waals surface area contributed by atoms with Crippen LogP contribution >= 0.6 is 0 Å². The first-order valence-corrected chi connectivity index (χ1v) is 6.29. The topological polar surface area (TPSA) is 44.8 Å². The molecule has 4 heteroatoms. The highest BCUT2D eigenvalue weighted by Crippen LogP contribution is 2.18. The molecule has 3 aromatic rings. The Bertz CT molecular complexity index is 702. The van der Waals surface area contributed by atoms with E-state index in [0.29, 0.717) is 0 Å². The van der Waals surface area contributed by atoms with E-state index in [-0.39, 0.29) is 0 Å². The van der Waals surface area contributed by atoms with Crippen molar-refractivity contribution in [3.63, 3.8) is 0 Å². The largest absolute Gasteiger partial charge is 0.355 e. The third-order valence-electron chi connectivity index (χ3n) is 3.33. The van der Waals surface area contributed by atoms with Crippen molar-refractivity contribution >= 4 is 16.9 Å². The van der Waals surface area contributed by atoms with E-state index in [0.717, 1.165) is 23.4 Å². The van der Waals surface area contributed by atoms with Crippen LogP contribution in [0.4, 0.5) is 5.82 Å².